The van der Waals surface area contributed by atoms with Gasteiger partial charge in [-0.2, -0.15) is 0 Å². The average Bonchev–Trinajstić information content (AvgIpc) is 2.97. The van der Waals surface area contributed by atoms with Gasteiger partial charge in [0.2, 0.25) is 0 Å². The standard InChI is InChI=1S/C18H27N3/c1-4-14(2)10-15(3)21-13-20-12-18(21)17(19)11-16-8-6-5-7-9-16/h5-9,12-15,17H,4,10-11,19H2,1-3H3/t14?,15?,17-/m1/s1. The molecule has 114 valence electrons. The first kappa shape index (κ1) is 15.8. The van der Waals surface area contributed by atoms with Crippen molar-refractivity contribution >= 4 is 0 Å². The summed E-state index contributed by atoms with van der Waals surface area (Å²) in [6.45, 7) is 6.80. The molecule has 2 N–H and O–H groups in total. The number of benzene rings is 1. The molecule has 1 aromatic carbocycles. The molecular formula is C18H27N3. The smallest absolute Gasteiger partial charge is 0.0951 e. The minimum absolute atomic E-state index is 0.00529. The molecule has 0 radical (unpaired) electrons. The Morgan fingerprint density at radius 3 is 2.57 bits per heavy atom. The van der Waals surface area contributed by atoms with Crippen molar-refractivity contribution in [3.05, 3.63) is 54.1 Å². The van der Waals surface area contributed by atoms with Crippen LogP contribution in [-0.4, -0.2) is 9.55 Å². The van der Waals surface area contributed by atoms with E-state index in [0.29, 0.717) is 6.04 Å². The quantitative estimate of drug-likeness (QED) is 0.831. The summed E-state index contributed by atoms with van der Waals surface area (Å²) in [7, 11) is 0. The van der Waals surface area contributed by atoms with Gasteiger partial charge in [0.1, 0.15) is 0 Å². The summed E-state index contributed by atoms with van der Waals surface area (Å²) in [6, 6.07) is 10.9. The van der Waals surface area contributed by atoms with Crippen LogP contribution in [0.25, 0.3) is 0 Å². The van der Waals surface area contributed by atoms with Crippen molar-refractivity contribution in [2.75, 3.05) is 0 Å². The van der Waals surface area contributed by atoms with Crippen molar-refractivity contribution in [3.63, 3.8) is 0 Å². The van der Waals surface area contributed by atoms with E-state index < -0.39 is 0 Å². The molecule has 0 fully saturated rings. The van der Waals surface area contributed by atoms with Crippen LogP contribution < -0.4 is 5.73 Å². The van der Waals surface area contributed by atoms with Gasteiger partial charge >= 0.3 is 0 Å². The predicted molar refractivity (Wildman–Crippen MR) is 88.1 cm³/mol. The fraction of sp³-hybridized carbons (Fsp3) is 0.500. The zero-order valence-electron chi connectivity index (χ0n) is 13.4. The third kappa shape index (κ3) is 4.18. The first-order chi connectivity index (χ1) is 10.1. The molecule has 1 aromatic heterocycles. The number of hydrogen-bond acceptors (Lipinski definition) is 2. The molecule has 0 aliphatic carbocycles. The van der Waals surface area contributed by atoms with E-state index in [4.69, 9.17) is 5.73 Å². The van der Waals surface area contributed by atoms with Crippen LogP contribution in [-0.2, 0) is 6.42 Å². The van der Waals surface area contributed by atoms with Gasteiger partial charge in [0.05, 0.1) is 18.1 Å². The Kier molecular flexibility index (Phi) is 5.57. The Bertz CT molecular complexity index is 532. The van der Waals surface area contributed by atoms with E-state index in [9.17, 15) is 0 Å². The predicted octanol–water partition coefficient (Wildman–Crippen LogP) is 4.12. The van der Waals surface area contributed by atoms with Crippen molar-refractivity contribution in [3.8, 4) is 0 Å². The highest BCUT2D eigenvalue weighted by Gasteiger charge is 2.17. The topological polar surface area (TPSA) is 43.8 Å². The van der Waals surface area contributed by atoms with Gasteiger partial charge in [0.25, 0.3) is 0 Å². The van der Waals surface area contributed by atoms with Gasteiger partial charge in [-0.3, -0.25) is 0 Å². The number of nitrogens with two attached hydrogens (primary N) is 1. The van der Waals surface area contributed by atoms with Crippen LogP contribution in [0.15, 0.2) is 42.9 Å². The Labute approximate surface area is 128 Å². The summed E-state index contributed by atoms with van der Waals surface area (Å²) in [4.78, 5) is 4.32. The number of nitrogens with zero attached hydrogens (tertiary/aromatic N) is 2. The van der Waals surface area contributed by atoms with Gasteiger partial charge in [-0.25, -0.2) is 4.98 Å². The SMILES string of the molecule is CCC(C)CC(C)n1cncc1[C@H](N)Cc1ccccc1. The molecule has 21 heavy (non-hydrogen) atoms. The van der Waals surface area contributed by atoms with Crippen molar-refractivity contribution < 1.29 is 0 Å². The summed E-state index contributed by atoms with van der Waals surface area (Å²) in [6.07, 6.45) is 7.07. The lowest BCUT2D eigenvalue weighted by Crippen LogP contribution is -2.20. The van der Waals surface area contributed by atoms with Crippen LogP contribution in [0, 0.1) is 5.92 Å². The van der Waals surface area contributed by atoms with E-state index in [2.05, 4.69) is 54.6 Å². The summed E-state index contributed by atoms with van der Waals surface area (Å²) in [5.74, 6) is 0.723. The second-order valence-electron chi connectivity index (χ2n) is 6.12. The number of rotatable bonds is 7. The van der Waals surface area contributed by atoms with Gasteiger partial charge in [0, 0.05) is 12.2 Å². The lowest BCUT2D eigenvalue weighted by molar-refractivity contribution is 0.386. The van der Waals surface area contributed by atoms with Gasteiger partial charge in [0.15, 0.2) is 0 Å². The molecule has 3 heteroatoms. The van der Waals surface area contributed by atoms with Gasteiger partial charge < -0.3 is 10.3 Å². The molecule has 3 atom stereocenters. The minimum atomic E-state index is -0.00529. The molecular weight excluding hydrogens is 258 g/mol. The van der Waals surface area contributed by atoms with Crippen molar-refractivity contribution in [1.82, 2.24) is 9.55 Å². The number of hydrogen-bond donors (Lipinski definition) is 1. The lowest BCUT2D eigenvalue weighted by atomic mass is 9.99. The monoisotopic (exact) mass is 285 g/mol. The molecule has 3 nitrogen and oxygen atoms in total. The molecule has 0 spiro atoms. The fourth-order valence-corrected chi connectivity index (χ4v) is 2.81. The van der Waals surface area contributed by atoms with Gasteiger partial charge in [-0.1, -0.05) is 50.6 Å². The maximum atomic E-state index is 6.41. The molecule has 2 aromatic rings. The van der Waals surface area contributed by atoms with Gasteiger partial charge in [-0.15, -0.1) is 0 Å². The first-order valence-electron chi connectivity index (χ1n) is 7.93. The first-order valence-corrected chi connectivity index (χ1v) is 7.93. The largest absolute Gasteiger partial charge is 0.330 e. The van der Waals surface area contributed by atoms with E-state index >= 15 is 0 Å². The molecule has 0 saturated heterocycles. The molecule has 2 unspecified atom stereocenters. The molecule has 0 amide bonds. The number of imidazole rings is 1. The summed E-state index contributed by atoms with van der Waals surface area (Å²) < 4.78 is 2.25. The lowest BCUT2D eigenvalue weighted by Gasteiger charge is -2.22. The Balaban J connectivity index is 2.08. The minimum Gasteiger partial charge on any atom is -0.330 e. The summed E-state index contributed by atoms with van der Waals surface area (Å²) in [5, 5.41) is 0. The molecule has 0 saturated carbocycles. The van der Waals surface area contributed by atoms with Crippen LogP contribution in [0.5, 0.6) is 0 Å². The normalized spacial score (nSPS) is 15.6. The molecule has 0 aliphatic heterocycles. The van der Waals surface area contributed by atoms with E-state index in [1.807, 2.05) is 18.6 Å². The third-order valence-corrected chi connectivity index (χ3v) is 4.29. The molecule has 1 heterocycles. The van der Waals surface area contributed by atoms with Crippen molar-refractivity contribution in [1.29, 1.82) is 0 Å². The Morgan fingerprint density at radius 1 is 1.19 bits per heavy atom. The highest BCUT2D eigenvalue weighted by molar-refractivity contribution is 5.18. The van der Waals surface area contributed by atoms with Crippen LogP contribution >= 0.6 is 0 Å². The second-order valence-corrected chi connectivity index (χ2v) is 6.12. The summed E-state index contributed by atoms with van der Waals surface area (Å²) in [5.41, 5.74) is 8.82. The van der Waals surface area contributed by atoms with Crippen LogP contribution in [0.2, 0.25) is 0 Å². The van der Waals surface area contributed by atoms with E-state index in [1.165, 1.54) is 12.0 Å². The van der Waals surface area contributed by atoms with Crippen molar-refractivity contribution in [2.45, 2.75) is 52.1 Å². The van der Waals surface area contributed by atoms with Crippen molar-refractivity contribution in [2.24, 2.45) is 11.7 Å². The second kappa shape index (κ2) is 7.41. The Morgan fingerprint density at radius 2 is 1.90 bits per heavy atom. The molecule has 0 aliphatic rings. The average molecular weight is 285 g/mol. The maximum absolute atomic E-state index is 6.41. The van der Waals surface area contributed by atoms with E-state index in [-0.39, 0.29) is 6.04 Å². The fourth-order valence-electron chi connectivity index (χ4n) is 2.81. The van der Waals surface area contributed by atoms with Gasteiger partial charge in [-0.05, 0) is 31.2 Å². The van der Waals surface area contributed by atoms with Crippen LogP contribution in [0.3, 0.4) is 0 Å². The van der Waals surface area contributed by atoms with E-state index in [0.717, 1.165) is 24.5 Å². The summed E-state index contributed by atoms with van der Waals surface area (Å²) >= 11 is 0. The molecule has 0 bridgehead atoms. The zero-order valence-corrected chi connectivity index (χ0v) is 13.4. The zero-order chi connectivity index (χ0) is 15.2. The van der Waals surface area contributed by atoms with E-state index in [1.54, 1.807) is 0 Å². The Hall–Kier alpha value is -1.61. The highest BCUT2D eigenvalue weighted by atomic mass is 15.1. The van der Waals surface area contributed by atoms with Crippen LogP contribution in [0.1, 0.15) is 57.0 Å². The highest BCUT2D eigenvalue weighted by Crippen LogP contribution is 2.24. The third-order valence-electron chi connectivity index (χ3n) is 4.29. The maximum Gasteiger partial charge on any atom is 0.0951 e. The van der Waals surface area contributed by atoms with Crippen LogP contribution in [0.4, 0.5) is 0 Å². The molecule has 2 rings (SSSR count). The number of aromatic nitrogens is 2.